The molecule has 0 aliphatic rings. The van der Waals surface area contributed by atoms with Gasteiger partial charge in [0, 0.05) is 7.05 Å². The van der Waals surface area contributed by atoms with E-state index in [2.05, 4.69) is 0 Å². The van der Waals surface area contributed by atoms with Gasteiger partial charge in [0.25, 0.3) is 10.1 Å². The largest absolute Gasteiger partial charge is 0.269 e. The first-order valence-electron chi connectivity index (χ1n) is 5.02. The van der Waals surface area contributed by atoms with Gasteiger partial charge in [-0.1, -0.05) is 20.8 Å². The Labute approximate surface area is 104 Å². The van der Waals surface area contributed by atoms with Crippen LogP contribution < -0.4 is 0 Å². The van der Waals surface area contributed by atoms with E-state index in [0.29, 0.717) is 0 Å². The summed E-state index contributed by atoms with van der Waals surface area (Å²) in [6.45, 7) is 5.28. The Morgan fingerprint density at radius 2 is 1.53 bits per heavy atom. The molecule has 0 unspecified atom stereocenters. The van der Waals surface area contributed by atoms with Gasteiger partial charge in [0.05, 0.1) is 25.2 Å². The minimum atomic E-state index is -3.58. The number of hydrogen-bond acceptors (Lipinski definition) is 5. The van der Waals surface area contributed by atoms with Crippen LogP contribution >= 0.6 is 0 Å². The fourth-order valence-corrected chi connectivity index (χ4v) is 2.53. The highest BCUT2D eigenvalue weighted by Gasteiger charge is 2.34. The molecule has 0 amide bonds. The second kappa shape index (κ2) is 5.21. The van der Waals surface area contributed by atoms with Crippen molar-refractivity contribution in [2.75, 3.05) is 26.2 Å². The van der Waals surface area contributed by atoms with Crippen LogP contribution in [-0.4, -0.2) is 53.3 Å². The van der Waals surface area contributed by atoms with E-state index in [0.717, 1.165) is 16.8 Å². The van der Waals surface area contributed by atoms with Gasteiger partial charge in [-0.05, 0) is 5.41 Å². The van der Waals surface area contributed by atoms with E-state index in [1.807, 2.05) is 20.8 Å². The Hall–Kier alpha value is -0.180. The Bertz CT molecular complexity index is 446. The van der Waals surface area contributed by atoms with Gasteiger partial charge in [-0.2, -0.15) is 12.7 Å². The summed E-state index contributed by atoms with van der Waals surface area (Å²) in [5, 5.41) is 0. The Morgan fingerprint density at radius 3 is 1.76 bits per heavy atom. The maximum absolute atomic E-state index is 11.5. The summed E-state index contributed by atoms with van der Waals surface area (Å²) >= 11 is 0. The normalized spacial score (nSPS) is 16.2. The van der Waals surface area contributed by atoms with E-state index in [-0.39, 0.29) is 6.61 Å². The smallest absolute Gasteiger partial charge is 0.264 e. The van der Waals surface area contributed by atoms with Gasteiger partial charge in [-0.3, -0.25) is 4.18 Å². The van der Waals surface area contributed by atoms with Crippen molar-refractivity contribution in [1.82, 2.24) is 4.31 Å². The fourth-order valence-electron chi connectivity index (χ4n) is 1.32. The van der Waals surface area contributed by atoms with Crippen molar-refractivity contribution in [2.45, 2.75) is 26.8 Å². The van der Waals surface area contributed by atoms with Crippen molar-refractivity contribution in [3.63, 3.8) is 0 Å². The molecule has 0 aliphatic carbocycles. The van der Waals surface area contributed by atoms with E-state index < -0.39 is 31.6 Å². The van der Waals surface area contributed by atoms with Crippen molar-refractivity contribution < 1.29 is 21.0 Å². The predicted molar refractivity (Wildman–Crippen MR) is 66.6 cm³/mol. The molecule has 0 saturated heterocycles. The quantitative estimate of drug-likeness (QED) is 0.678. The molecular formula is C9H21NO5S2. The number of nitrogens with zero attached hydrogens (tertiary/aromatic N) is 1. The molecule has 0 aromatic carbocycles. The molecular weight excluding hydrogens is 266 g/mol. The average Bonchev–Trinajstić information content (AvgIpc) is 1.97. The highest BCUT2D eigenvalue weighted by Crippen LogP contribution is 2.25. The van der Waals surface area contributed by atoms with Crippen molar-refractivity contribution in [3.05, 3.63) is 0 Å². The van der Waals surface area contributed by atoms with E-state index in [9.17, 15) is 16.8 Å². The molecule has 0 fully saturated rings. The topological polar surface area (TPSA) is 80.8 Å². The van der Waals surface area contributed by atoms with Crippen LogP contribution in [-0.2, 0) is 24.3 Å². The summed E-state index contributed by atoms with van der Waals surface area (Å²) in [6, 6.07) is -0.549. The lowest BCUT2D eigenvalue weighted by Gasteiger charge is -2.35. The van der Waals surface area contributed by atoms with Gasteiger partial charge in [0.15, 0.2) is 0 Å². The van der Waals surface area contributed by atoms with Gasteiger partial charge >= 0.3 is 0 Å². The SMILES string of the molecule is CN([C@H](COS(C)(=O)=O)C(C)(C)C)S(C)(=O)=O. The molecule has 0 heterocycles. The molecule has 0 saturated carbocycles. The Balaban J connectivity index is 5.06. The second-order valence-corrected chi connectivity index (χ2v) is 8.84. The lowest BCUT2D eigenvalue weighted by molar-refractivity contribution is 0.132. The predicted octanol–water partition coefficient (Wildman–Crippen LogP) is 0.269. The second-order valence-electron chi connectivity index (χ2n) is 5.15. The first kappa shape index (κ1) is 16.8. The van der Waals surface area contributed by atoms with E-state index in [1.165, 1.54) is 7.05 Å². The van der Waals surface area contributed by atoms with Crippen LogP contribution in [0.3, 0.4) is 0 Å². The molecule has 8 heteroatoms. The maximum Gasteiger partial charge on any atom is 0.264 e. The van der Waals surface area contributed by atoms with Crippen LogP contribution in [0.2, 0.25) is 0 Å². The molecule has 0 radical (unpaired) electrons. The standard InChI is InChI=1S/C9H21NO5S2/c1-9(2,3)8(7-15-17(6,13)14)10(4)16(5,11)12/h8H,7H2,1-6H3/t8-/m1/s1. The van der Waals surface area contributed by atoms with Gasteiger partial charge < -0.3 is 0 Å². The van der Waals surface area contributed by atoms with E-state index in [4.69, 9.17) is 4.18 Å². The summed E-state index contributed by atoms with van der Waals surface area (Å²) in [4.78, 5) is 0. The number of rotatable bonds is 5. The number of sulfonamides is 1. The van der Waals surface area contributed by atoms with E-state index in [1.54, 1.807) is 0 Å². The van der Waals surface area contributed by atoms with Crippen LogP contribution in [0.5, 0.6) is 0 Å². The van der Waals surface area contributed by atoms with E-state index >= 15 is 0 Å². The fraction of sp³-hybridized carbons (Fsp3) is 1.00. The Morgan fingerprint density at radius 1 is 1.12 bits per heavy atom. The van der Waals surface area contributed by atoms with Gasteiger partial charge in [0.1, 0.15) is 0 Å². The van der Waals surface area contributed by atoms with Gasteiger partial charge in [-0.25, -0.2) is 8.42 Å². The zero-order chi connectivity index (χ0) is 14.1. The Kier molecular flexibility index (Phi) is 5.16. The van der Waals surface area contributed by atoms with Crippen molar-refractivity contribution in [3.8, 4) is 0 Å². The first-order valence-corrected chi connectivity index (χ1v) is 8.69. The average molecular weight is 287 g/mol. The molecule has 0 aromatic heterocycles. The molecule has 1 atom stereocenters. The molecule has 104 valence electrons. The first-order chi connectivity index (χ1) is 7.25. The lowest BCUT2D eigenvalue weighted by Crippen LogP contribution is -2.47. The highest BCUT2D eigenvalue weighted by atomic mass is 32.2. The molecule has 0 bridgehead atoms. The van der Waals surface area contributed by atoms with Crippen LogP contribution in [0.25, 0.3) is 0 Å². The molecule has 6 nitrogen and oxygen atoms in total. The van der Waals surface area contributed by atoms with Crippen molar-refractivity contribution in [1.29, 1.82) is 0 Å². The summed E-state index contributed by atoms with van der Waals surface area (Å²) in [5.74, 6) is 0. The number of hydrogen-bond donors (Lipinski definition) is 0. The van der Waals surface area contributed by atoms with Crippen LogP contribution in [0.4, 0.5) is 0 Å². The monoisotopic (exact) mass is 287 g/mol. The van der Waals surface area contributed by atoms with Crippen LogP contribution in [0.15, 0.2) is 0 Å². The summed E-state index contributed by atoms with van der Waals surface area (Å²) in [5.41, 5.74) is -0.428. The van der Waals surface area contributed by atoms with Crippen LogP contribution in [0.1, 0.15) is 20.8 Å². The zero-order valence-electron chi connectivity index (χ0n) is 11.1. The maximum atomic E-state index is 11.5. The third-order valence-corrected chi connectivity index (χ3v) is 4.27. The van der Waals surface area contributed by atoms with Gasteiger partial charge in [0.2, 0.25) is 10.0 Å². The molecule has 0 N–H and O–H groups in total. The van der Waals surface area contributed by atoms with Gasteiger partial charge in [-0.15, -0.1) is 0 Å². The van der Waals surface area contributed by atoms with Crippen molar-refractivity contribution >= 4 is 20.1 Å². The molecule has 0 rings (SSSR count). The third-order valence-electron chi connectivity index (χ3n) is 2.40. The summed E-state index contributed by atoms with van der Waals surface area (Å²) < 4.78 is 50.7. The van der Waals surface area contributed by atoms with Crippen LogP contribution in [0, 0.1) is 5.41 Å². The lowest BCUT2D eigenvalue weighted by atomic mass is 9.87. The highest BCUT2D eigenvalue weighted by molar-refractivity contribution is 7.88. The minimum Gasteiger partial charge on any atom is -0.269 e. The van der Waals surface area contributed by atoms with Crippen molar-refractivity contribution in [2.24, 2.45) is 5.41 Å². The molecule has 0 aliphatic heterocycles. The molecule has 0 aromatic rings. The molecule has 17 heavy (non-hydrogen) atoms. The third kappa shape index (κ3) is 6.35. The minimum absolute atomic E-state index is 0.189. The summed E-state index contributed by atoms with van der Waals surface area (Å²) in [7, 11) is -5.56. The zero-order valence-corrected chi connectivity index (χ0v) is 12.7. The summed E-state index contributed by atoms with van der Waals surface area (Å²) in [6.07, 6.45) is 2.01. The number of likely N-dealkylation sites (N-methyl/N-ethyl adjacent to an activating group) is 1. The molecule has 0 spiro atoms.